The van der Waals surface area contributed by atoms with E-state index in [9.17, 15) is 10.1 Å². The van der Waals surface area contributed by atoms with E-state index in [1.807, 2.05) is 44.2 Å². The van der Waals surface area contributed by atoms with Crippen LogP contribution in [0.5, 0.6) is 0 Å². The normalized spacial score (nSPS) is 11.3. The molecule has 1 aromatic rings. The summed E-state index contributed by atoms with van der Waals surface area (Å²) < 4.78 is 10.3. The third-order valence-corrected chi connectivity index (χ3v) is 2.79. The van der Waals surface area contributed by atoms with E-state index in [1.165, 1.54) is 7.11 Å². The Labute approximate surface area is 119 Å². The van der Waals surface area contributed by atoms with Gasteiger partial charge in [-0.1, -0.05) is 43.2 Å². The fraction of sp³-hybridized carbons (Fsp3) is 0.375. The maximum Gasteiger partial charge on any atom is 0.352 e. The van der Waals surface area contributed by atoms with Crippen molar-refractivity contribution in [2.45, 2.75) is 26.7 Å². The molecule has 4 nitrogen and oxygen atoms in total. The zero-order valence-corrected chi connectivity index (χ0v) is 12.1. The summed E-state index contributed by atoms with van der Waals surface area (Å²) in [5, 5.41) is 9.18. The molecule has 0 fully saturated rings. The number of ether oxygens (including phenoxy) is 2. The van der Waals surface area contributed by atoms with Crippen LogP contribution in [0.3, 0.4) is 0 Å². The first-order valence-electron chi connectivity index (χ1n) is 6.56. The van der Waals surface area contributed by atoms with Gasteiger partial charge < -0.3 is 9.47 Å². The topological polar surface area (TPSA) is 59.3 Å². The molecule has 0 bridgehead atoms. The number of hydrogen-bond donors (Lipinski definition) is 0. The lowest BCUT2D eigenvalue weighted by Crippen LogP contribution is -2.10. The van der Waals surface area contributed by atoms with Crippen molar-refractivity contribution >= 4 is 11.7 Å². The molecule has 0 unspecified atom stereocenters. The van der Waals surface area contributed by atoms with Crippen LogP contribution in [0.1, 0.15) is 30.9 Å². The van der Waals surface area contributed by atoms with Gasteiger partial charge in [-0.05, 0) is 13.3 Å². The fourth-order valence-corrected chi connectivity index (χ4v) is 1.64. The van der Waals surface area contributed by atoms with Gasteiger partial charge in [0.2, 0.25) is 0 Å². The fourth-order valence-electron chi connectivity index (χ4n) is 1.64. The highest BCUT2D eigenvalue weighted by Crippen LogP contribution is 2.21. The average Bonchev–Trinajstić information content (AvgIpc) is 2.46. The molecule has 0 spiro atoms. The van der Waals surface area contributed by atoms with Crippen LogP contribution in [0.25, 0.3) is 5.76 Å². The van der Waals surface area contributed by atoms with Crippen LogP contribution in [0.2, 0.25) is 0 Å². The molecule has 0 N–H and O–H groups in total. The predicted molar refractivity (Wildman–Crippen MR) is 76.6 cm³/mol. The Bertz CT molecular complexity index is 524. The van der Waals surface area contributed by atoms with Crippen molar-refractivity contribution in [1.82, 2.24) is 0 Å². The minimum absolute atomic E-state index is 0.104. The Kier molecular flexibility index (Phi) is 6.31. The van der Waals surface area contributed by atoms with E-state index in [4.69, 9.17) is 9.47 Å². The minimum Gasteiger partial charge on any atom is -0.494 e. The Hall–Kier alpha value is -2.28. The maximum atomic E-state index is 11.9. The Morgan fingerprint density at radius 1 is 1.30 bits per heavy atom. The smallest absolute Gasteiger partial charge is 0.352 e. The number of hydrogen-bond acceptors (Lipinski definition) is 4. The van der Waals surface area contributed by atoms with E-state index < -0.39 is 5.97 Å². The number of esters is 1. The second-order valence-electron chi connectivity index (χ2n) is 4.38. The highest BCUT2D eigenvalue weighted by Gasteiger charge is 2.19. The van der Waals surface area contributed by atoms with Gasteiger partial charge in [-0.15, -0.1) is 0 Å². The van der Waals surface area contributed by atoms with Crippen LogP contribution in [0.4, 0.5) is 0 Å². The standard InChI is InChI=1S/C16H19NO3/c1-4-5-10-20-16(18)14(11-17)15(19-3)13-8-6-12(2)7-9-13/h6-9H,4-5,10H2,1-3H3. The third kappa shape index (κ3) is 4.13. The van der Waals surface area contributed by atoms with E-state index in [-0.39, 0.29) is 11.3 Å². The number of carbonyl (C=O) groups excluding carboxylic acids is 1. The van der Waals surface area contributed by atoms with Crippen molar-refractivity contribution in [2.24, 2.45) is 0 Å². The van der Waals surface area contributed by atoms with Crippen molar-refractivity contribution in [3.8, 4) is 6.07 Å². The van der Waals surface area contributed by atoms with E-state index in [2.05, 4.69) is 0 Å². The highest BCUT2D eigenvalue weighted by atomic mass is 16.5. The van der Waals surface area contributed by atoms with Crippen LogP contribution in [-0.4, -0.2) is 19.7 Å². The molecule has 0 heterocycles. The molecule has 0 saturated carbocycles. The molecule has 20 heavy (non-hydrogen) atoms. The molecule has 0 aliphatic carbocycles. The van der Waals surface area contributed by atoms with Gasteiger partial charge in [-0.2, -0.15) is 5.26 Å². The molecule has 0 saturated heterocycles. The van der Waals surface area contributed by atoms with Gasteiger partial charge in [-0.25, -0.2) is 4.79 Å². The summed E-state index contributed by atoms with van der Waals surface area (Å²) in [5.74, 6) is -0.396. The lowest BCUT2D eigenvalue weighted by atomic mass is 10.1. The molecule has 1 rings (SSSR count). The van der Waals surface area contributed by atoms with Gasteiger partial charge >= 0.3 is 5.97 Å². The molecule has 0 aliphatic rings. The number of aryl methyl sites for hydroxylation is 1. The number of rotatable bonds is 6. The van der Waals surface area contributed by atoms with Gasteiger partial charge in [0.05, 0.1) is 13.7 Å². The van der Waals surface area contributed by atoms with Crippen molar-refractivity contribution in [3.63, 3.8) is 0 Å². The second kappa shape index (κ2) is 8.00. The average molecular weight is 273 g/mol. The Balaban J connectivity index is 3.04. The SMILES string of the molecule is CCCCOC(=O)C(C#N)=C(OC)c1ccc(C)cc1. The number of unbranched alkanes of at least 4 members (excludes halogenated alkanes) is 1. The summed E-state index contributed by atoms with van der Waals surface area (Å²) in [6.45, 7) is 4.28. The zero-order valence-electron chi connectivity index (χ0n) is 12.1. The third-order valence-electron chi connectivity index (χ3n) is 2.79. The van der Waals surface area contributed by atoms with Gasteiger partial charge in [0, 0.05) is 5.56 Å². The van der Waals surface area contributed by atoms with Gasteiger partial charge in [-0.3, -0.25) is 0 Å². The van der Waals surface area contributed by atoms with Gasteiger partial charge in [0.1, 0.15) is 6.07 Å². The molecule has 0 amide bonds. The molecule has 0 aromatic heterocycles. The summed E-state index contributed by atoms with van der Waals surface area (Å²) in [5.41, 5.74) is 1.67. The van der Waals surface area contributed by atoms with E-state index in [0.717, 1.165) is 18.4 Å². The van der Waals surface area contributed by atoms with Crippen LogP contribution in [0.15, 0.2) is 29.8 Å². The quantitative estimate of drug-likeness (QED) is 0.262. The zero-order chi connectivity index (χ0) is 15.0. The first-order chi connectivity index (χ1) is 9.63. The molecular formula is C16H19NO3. The number of benzene rings is 1. The lowest BCUT2D eigenvalue weighted by molar-refractivity contribution is -0.138. The molecule has 0 aliphatic heterocycles. The van der Waals surface area contributed by atoms with Gasteiger partial charge in [0.25, 0.3) is 0 Å². The van der Waals surface area contributed by atoms with E-state index in [0.29, 0.717) is 12.2 Å². The van der Waals surface area contributed by atoms with E-state index in [1.54, 1.807) is 0 Å². The maximum absolute atomic E-state index is 11.9. The van der Waals surface area contributed by atoms with Crippen LogP contribution < -0.4 is 0 Å². The predicted octanol–water partition coefficient (Wildman–Crippen LogP) is 3.22. The molecule has 106 valence electrons. The second-order valence-corrected chi connectivity index (χ2v) is 4.38. The highest BCUT2D eigenvalue weighted by molar-refractivity contribution is 6.00. The molecular weight excluding hydrogens is 254 g/mol. The summed E-state index contributed by atoms with van der Waals surface area (Å²) in [6.07, 6.45) is 1.70. The monoisotopic (exact) mass is 273 g/mol. The van der Waals surface area contributed by atoms with Crippen LogP contribution in [0, 0.1) is 18.3 Å². The van der Waals surface area contributed by atoms with Gasteiger partial charge in [0.15, 0.2) is 11.3 Å². The molecule has 4 heteroatoms. The molecule has 1 aromatic carbocycles. The minimum atomic E-state index is -0.640. The summed E-state index contributed by atoms with van der Waals surface area (Å²) in [7, 11) is 1.44. The number of methoxy groups -OCH3 is 1. The number of nitrogens with zero attached hydrogens (tertiary/aromatic N) is 1. The first kappa shape index (κ1) is 15.8. The molecule has 0 radical (unpaired) electrons. The lowest BCUT2D eigenvalue weighted by Gasteiger charge is -2.10. The van der Waals surface area contributed by atoms with Crippen molar-refractivity contribution < 1.29 is 14.3 Å². The largest absolute Gasteiger partial charge is 0.494 e. The summed E-state index contributed by atoms with van der Waals surface area (Å²) >= 11 is 0. The Morgan fingerprint density at radius 2 is 1.95 bits per heavy atom. The van der Waals surface area contributed by atoms with Crippen molar-refractivity contribution in [3.05, 3.63) is 41.0 Å². The Morgan fingerprint density at radius 3 is 2.45 bits per heavy atom. The number of carbonyl (C=O) groups is 1. The van der Waals surface area contributed by atoms with Crippen molar-refractivity contribution in [1.29, 1.82) is 5.26 Å². The first-order valence-corrected chi connectivity index (χ1v) is 6.56. The number of nitriles is 1. The summed E-state index contributed by atoms with van der Waals surface area (Å²) in [4.78, 5) is 11.9. The molecule has 0 atom stereocenters. The van der Waals surface area contributed by atoms with E-state index >= 15 is 0 Å². The van der Waals surface area contributed by atoms with Crippen LogP contribution >= 0.6 is 0 Å². The summed E-state index contributed by atoms with van der Waals surface area (Å²) in [6, 6.07) is 9.28. The van der Waals surface area contributed by atoms with Crippen LogP contribution in [-0.2, 0) is 14.3 Å². The van der Waals surface area contributed by atoms with Crippen molar-refractivity contribution in [2.75, 3.05) is 13.7 Å².